The molecule has 0 bridgehead atoms. The van der Waals surface area contributed by atoms with Crippen LogP contribution < -0.4 is 4.72 Å². The van der Waals surface area contributed by atoms with Crippen LogP contribution in [0.3, 0.4) is 0 Å². The standard InChI is InChI=1S/C18H28N2O4S2/c1-25(21,22)20-13-11-17(12-14-20)19-26(23,24)18-9-7-16(8-10-18)15-5-3-2-4-6-15/h7-10,15,17,19H,2-6,11-14H2,1H3. The molecule has 6 nitrogen and oxygen atoms in total. The van der Waals surface area contributed by atoms with Gasteiger partial charge in [-0.3, -0.25) is 0 Å². The van der Waals surface area contributed by atoms with Gasteiger partial charge in [0, 0.05) is 19.1 Å². The Hall–Kier alpha value is -0.960. The van der Waals surface area contributed by atoms with Crippen molar-refractivity contribution in [3.8, 4) is 0 Å². The molecule has 1 N–H and O–H groups in total. The first kappa shape index (κ1) is 19.8. The monoisotopic (exact) mass is 400 g/mol. The lowest BCUT2D eigenvalue weighted by Gasteiger charge is -2.30. The molecule has 0 radical (unpaired) electrons. The van der Waals surface area contributed by atoms with Gasteiger partial charge >= 0.3 is 0 Å². The highest BCUT2D eigenvalue weighted by Gasteiger charge is 2.28. The molecule has 0 spiro atoms. The van der Waals surface area contributed by atoms with E-state index in [2.05, 4.69) is 4.72 Å². The lowest BCUT2D eigenvalue weighted by atomic mass is 9.84. The van der Waals surface area contributed by atoms with Crippen LogP contribution in [0.2, 0.25) is 0 Å². The van der Waals surface area contributed by atoms with Crippen molar-refractivity contribution in [2.45, 2.75) is 61.8 Å². The van der Waals surface area contributed by atoms with Crippen molar-refractivity contribution in [3.05, 3.63) is 29.8 Å². The molecule has 1 heterocycles. The minimum Gasteiger partial charge on any atom is -0.213 e. The molecule has 0 aromatic heterocycles. The molecule has 2 aliphatic rings. The number of sulfonamides is 2. The predicted molar refractivity (Wildman–Crippen MR) is 102 cm³/mol. The Balaban J connectivity index is 1.61. The van der Waals surface area contributed by atoms with Gasteiger partial charge in [-0.2, -0.15) is 0 Å². The molecule has 0 atom stereocenters. The zero-order valence-electron chi connectivity index (χ0n) is 15.2. The molecule has 1 saturated heterocycles. The molecule has 8 heteroatoms. The van der Waals surface area contributed by atoms with Gasteiger partial charge < -0.3 is 0 Å². The fraction of sp³-hybridized carbons (Fsp3) is 0.667. The molecule has 1 aromatic carbocycles. The summed E-state index contributed by atoms with van der Waals surface area (Å²) in [6.45, 7) is 0.708. The van der Waals surface area contributed by atoms with Crippen LogP contribution in [-0.4, -0.2) is 46.5 Å². The maximum atomic E-state index is 12.6. The maximum Gasteiger partial charge on any atom is 0.240 e. The van der Waals surface area contributed by atoms with E-state index in [0.717, 1.165) is 0 Å². The number of nitrogens with one attached hydrogen (secondary N) is 1. The van der Waals surface area contributed by atoms with Crippen LogP contribution in [0, 0.1) is 0 Å². The third-order valence-corrected chi connectivity index (χ3v) is 8.35. The van der Waals surface area contributed by atoms with E-state index in [9.17, 15) is 16.8 Å². The molecule has 3 rings (SSSR count). The summed E-state index contributed by atoms with van der Waals surface area (Å²) in [6.07, 6.45) is 8.33. The second-order valence-electron chi connectivity index (χ2n) is 7.46. The summed E-state index contributed by atoms with van der Waals surface area (Å²) in [5.74, 6) is 0.550. The van der Waals surface area contributed by atoms with E-state index in [1.54, 1.807) is 12.1 Å². The van der Waals surface area contributed by atoms with Crippen molar-refractivity contribution < 1.29 is 16.8 Å². The van der Waals surface area contributed by atoms with Gasteiger partial charge in [0.1, 0.15) is 0 Å². The fourth-order valence-electron chi connectivity index (χ4n) is 3.95. The van der Waals surface area contributed by atoms with Crippen LogP contribution in [0.15, 0.2) is 29.2 Å². The second kappa shape index (κ2) is 7.96. The van der Waals surface area contributed by atoms with E-state index < -0.39 is 20.0 Å². The molecule has 26 heavy (non-hydrogen) atoms. The highest BCUT2D eigenvalue weighted by atomic mass is 32.2. The molecule has 0 unspecified atom stereocenters. The Labute approximate surface area is 157 Å². The lowest BCUT2D eigenvalue weighted by molar-refractivity contribution is 0.310. The number of benzene rings is 1. The van der Waals surface area contributed by atoms with E-state index in [1.165, 1.54) is 48.2 Å². The average Bonchev–Trinajstić information content (AvgIpc) is 2.62. The van der Waals surface area contributed by atoms with E-state index in [4.69, 9.17) is 0 Å². The van der Waals surface area contributed by atoms with Crippen molar-refractivity contribution in [1.29, 1.82) is 0 Å². The Kier molecular flexibility index (Phi) is 6.06. The van der Waals surface area contributed by atoms with Crippen molar-refractivity contribution in [2.24, 2.45) is 0 Å². The molecule has 2 fully saturated rings. The first-order valence-electron chi connectivity index (χ1n) is 9.33. The Morgan fingerprint density at radius 1 is 0.885 bits per heavy atom. The second-order valence-corrected chi connectivity index (χ2v) is 11.2. The summed E-state index contributed by atoms with van der Waals surface area (Å²) < 4.78 is 52.5. The highest BCUT2D eigenvalue weighted by Crippen LogP contribution is 2.32. The smallest absolute Gasteiger partial charge is 0.213 e. The fourth-order valence-corrected chi connectivity index (χ4v) is 6.13. The quantitative estimate of drug-likeness (QED) is 0.823. The summed E-state index contributed by atoms with van der Waals surface area (Å²) in [5.41, 5.74) is 1.23. The van der Waals surface area contributed by atoms with E-state index in [1.807, 2.05) is 12.1 Å². The van der Waals surface area contributed by atoms with Gasteiger partial charge in [0.2, 0.25) is 20.0 Å². The van der Waals surface area contributed by atoms with Crippen LogP contribution >= 0.6 is 0 Å². The minimum atomic E-state index is -3.58. The van der Waals surface area contributed by atoms with Crippen LogP contribution in [0.25, 0.3) is 0 Å². The van der Waals surface area contributed by atoms with E-state index in [0.29, 0.717) is 31.8 Å². The number of nitrogens with zero attached hydrogens (tertiary/aromatic N) is 1. The van der Waals surface area contributed by atoms with Gasteiger partial charge in [-0.05, 0) is 49.3 Å². The van der Waals surface area contributed by atoms with E-state index in [-0.39, 0.29) is 10.9 Å². The number of rotatable bonds is 5. The van der Waals surface area contributed by atoms with Gasteiger partial charge in [0.05, 0.1) is 11.2 Å². The van der Waals surface area contributed by atoms with Crippen LogP contribution in [0.5, 0.6) is 0 Å². The summed E-state index contributed by atoms with van der Waals surface area (Å²) in [7, 11) is -6.78. The predicted octanol–water partition coefficient (Wildman–Crippen LogP) is 2.44. The minimum absolute atomic E-state index is 0.226. The summed E-state index contributed by atoms with van der Waals surface area (Å²) in [4.78, 5) is 0.280. The summed E-state index contributed by atoms with van der Waals surface area (Å²) in [5, 5.41) is 0. The summed E-state index contributed by atoms with van der Waals surface area (Å²) >= 11 is 0. The molecule has 1 aliphatic heterocycles. The Morgan fingerprint density at radius 3 is 2.00 bits per heavy atom. The average molecular weight is 401 g/mol. The van der Waals surface area contributed by atoms with Gasteiger partial charge in [-0.15, -0.1) is 0 Å². The van der Waals surface area contributed by atoms with Gasteiger partial charge in [0.25, 0.3) is 0 Å². The zero-order chi connectivity index (χ0) is 18.8. The van der Waals surface area contributed by atoms with Crippen LogP contribution in [0.1, 0.15) is 56.4 Å². The molecule has 1 saturated carbocycles. The highest BCUT2D eigenvalue weighted by molar-refractivity contribution is 7.89. The van der Waals surface area contributed by atoms with E-state index >= 15 is 0 Å². The topological polar surface area (TPSA) is 83.6 Å². The molecule has 1 aromatic rings. The Bertz CT molecular complexity index is 805. The van der Waals surface area contributed by atoms with Gasteiger partial charge in [0.15, 0.2) is 0 Å². The van der Waals surface area contributed by atoms with Gasteiger partial charge in [-0.1, -0.05) is 31.4 Å². The Morgan fingerprint density at radius 2 is 1.46 bits per heavy atom. The van der Waals surface area contributed by atoms with Crippen molar-refractivity contribution >= 4 is 20.0 Å². The van der Waals surface area contributed by atoms with Crippen LogP contribution in [-0.2, 0) is 20.0 Å². The molecular formula is C18H28N2O4S2. The van der Waals surface area contributed by atoms with Crippen molar-refractivity contribution in [2.75, 3.05) is 19.3 Å². The zero-order valence-corrected chi connectivity index (χ0v) is 16.9. The van der Waals surface area contributed by atoms with Gasteiger partial charge in [-0.25, -0.2) is 25.9 Å². The summed E-state index contributed by atoms with van der Waals surface area (Å²) in [6, 6.07) is 7.04. The number of hydrogen-bond acceptors (Lipinski definition) is 4. The maximum absolute atomic E-state index is 12.6. The molecular weight excluding hydrogens is 372 g/mol. The number of piperidine rings is 1. The molecule has 146 valence electrons. The van der Waals surface area contributed by atoms with Crippen molar-refractivity contribution in [1.82, 2.24) is 9.03 Å². The molecule has 1 aliphatic carbocycles. The number of hydrogen-bond donors (Lipinski definition) is 1. The first-order chi connectivity index (χ1) is 12.3. The SMILES string of the molecule is CS(=O)(=O)N1CCC(NS(=O)(=O)c2ccc(C3CCCCC3)cc2)CC1. The van der Waals surface area contributed by atoms with Crippen LogP contribution in [0.4, 0.5) is 0 Å². The first-order valence-corrected chi connectivity index (χ1v) is 12.7. The van der Waals surface area contributed by atoms with Crippen molar-refractivity contribution in [3.63, 3.8) is 0 Å². The molecule has 0 amide bonds. The third kappa shape index (κ3) is 4.85. The third-order valence-electron chi connectivity index (χ3n) is 5.51. The normalized spacial score (nSPS) is 21.7. The largest absolute Gasteiger partial charge is 0.240 e. The lowest BCUT2D eigenvalue weighted by Crippen LogP contribution is -2.46.